The Hall–Kier alpha value is -0.0900. The number of hydrogen-bond acceptors (Lipinski definition) is 3. The zero-order valence-corrected chi connectivity index (χ0v) is 7.36. The molecule has 0 aromatic heterocycles. The summed E-state index contributed by atoms with van der Waals surface area (Å²) in [4.78, 5) is 0. The molecule has 4 heteroatoms. The van der Waals surface area contributed by atoms with Gasteiger partial charge in [-0.1, -0.05) is 6.92 Å². The van der Waals surface area contributed by atoms with Gasteiger partial charge in [-0.05, 0) is 19.4 Å². The van der Waals surface area contributed by atoms with E-state index >= 15 is 0 Å². The summed E-state index contributed by atoms with van der Waals surface area (Å²) >= 11 is 0. The van der Waals surface area contributed by atoms with Crippen LogP contribution in [0.25, 0.3) is 0 Å². The molecule has 0 aliphatic carbocycles. The zero-order valence-electron chi connectivity index (χ0n) is 6.54. The van der Waals surface area contributed by atoms with Crippen LogP contribution in [0, 0.1) is 6.92 Å². The third kappa shape index (κ3) is 2.17. The maximum absolute atomic E-state index is 11.4. The number of rotatable bonds is 3. The van der Waals surface area contributed by atoms with Crippen LogP contribution in [0.2, 0.25) is 0 Å². The van der Waals surface area contributed by atoms with Crippen molar-refractivity contribution in [1.82, 2.24) is 5.32 Å². The van der Waals surface area contributed by atoms with Crippen LogP contribution in [0.15, 0.2) is 0 Å². The highest BCUT2D eigenvalue weighted by molar-refractivity contribution is 7.92. The Morgan fingerprint density at radius 2 is 2.27 bits per heavy atom. The van der Waals surface area contributed by atoms with E-state index in [2.05, 4.69) is 12.2 Å². The van der Waals surface area contributed by atoms with Gasteiger partial charge in [0.15, 0.2) is 9.84 Å². The Balaban J connectivity index is 2.56. The van der Waals surface area contributed by atoms with Crippen LogP contribution >= 0.6 is 0 Å². The van der Waals surface area contributed by atoms with Gasteiger partial charge >= 0.3 is 0 Å². The van der Waals surface area contributed by atoms with Crippen molar-refractivity contribution in [3.05, 3.63) is 6.92 Å². The Bertz CT molecular complexity index is 204. The van der Waals surface area contributed by atoms with Crippen molar-refractivity contribution in [2.24, 2.45) is 0 Å². The monoisotopic (exact) mass is 176 g/mol. The van der Waals surface area contributed by atoms with E-state index in [-0.39, 0.29) is 11.0 Å². The smallest absolute Gasteiger partial charge is 0.154 e. The van der Waals surface area contributed by atoms with Gasteiger partial charge in [0.1, 0.15) is 0 Å². The minimum atomic E-state index is -2.84. The molecule has 1 atom stereocenters. The molecule has 0 aromatic carbocycles. The summed E-state index contributed by atoms with van der Waals surface area (Å²) in [7, 11) is -2.84. The molecular formula is C7H14NO2S. The van der Waals surface area contributed by atoms with E-state index in [4.69, 9.17) is 0 Å². The first kappa shape index (κ1) is 9.00. The molecular weight excluding hydrogens is 162 g/mol. The lowest BCUT2D eigenvalue weighted by Crippen LogP contribution is -2.25. The van der Waals surface area contributed by atoms with Crippen LogP contribution in [0.4, 0.5) is 0 Å². The zero-order chi connectivity index (χ0) is 8.32. The first-order valence-corrected chi connectivity index (χ1v) is 5.60. The molecule has 1 saturated heterocycles. The molecule has 65 valence electrons. The van der Waals surface area contributed by atoms with Gasteiger partial charge in [0.05, 0.1) is 11.0 Å². The maximum Gasteiger partial charge on any atom is 0.154 e. The van der Waals surface area contributed by atoms with Crippen LogP contribution in [0.1, 0.15) is 12.8 Å². The number of hydrogen-bond donors (Lipinski definition) is 1. The fourth-order valence-electron chi connectivity index (χ4n) is 1.30. The minimum Gasteiger partial charge on any atom is -0.315 e. The highest BCUT2D eigenvalue weighted by Gasteiger charge is 2.27. The first-order chi connectivity index (χ1) is 5.17. The van der Waals surface area contributed by atoms with Gasteiger partial charge in [-0.15, -0.1) is 0 Å². The summed E-state index contributed by atoms with van der Waals surface area (Å²) in [5, 5.41) is 2.89. The second-order valence-corrected chi connectivity index (χ2v) is 5.24. The predicted molar refractivity (Wildman–Crippen MR) is 45.0 cm³/mol. The van der Waals surface area contributed by atoms with Crippen molar-refractivity contribution in [2.45, 2.75) is 18.1 Å². The van der Waals surface area contributed by atoms with Crippen LogP contribution < -0.4 is 5.32 Å². The van der Waals surface area contributed by atoms with Crippen molar-refractivity contribution in [1.29, 1.82) is 0 Å². The van der Waals surface area contributed by atoms with Crippen LogP contribution in [-0.2, 0) is 9.84 Å². The summed E-state index contributed by atoms with van der Waals surface area (Å²) in [5.74, 6) is 0.235. The molecule has 1 aliphatic rings. The van der Waals surface area contributed by atoms with Gasteiger partial charge in [0.25, 0.3) is 0 Å². The van der Waals surface area contributed by atoms with E-state index in [1.54, 1.807) is 0 Å². The van der Waals surface area contributed by atoms with E-state index in [0.29, 0.717) is 13.0 Å². The Morgan fingerprint density at radius 1 is 1.55 bits per heavy atom. The van der Waals surface area contributed by atoms with Crippen molar-refractivity contribution >= 4 is 9.84 Å². The second kappa shape index (κ2) is 3.54. The first-order valence-electron chi connectivity index (χ1n) is 3.88. The summed E-state index contributed by atoms with van der Waals surface area (Å²) in [6, 6.07) is 0. The molecule has 1 rings (SSSR count). The molecule has 3 nitrogen and oxygen atoms in total. The molecule has 0 spiro atoms. The molecule has 0 aromatic rings. The molecule has 0 saturated carbocycles. The molecule has 1 fully saturated rings. The fourth-order valence-corrected chi connectivity index (χ4v) is 2.89. The maximum atomic E-state index is 11.4. The Morgan fingerprint density at radius 3 is 2.73 bits per heavy atom. The molecule has 0 bridgehead atoms. The Labute approximate surface area is 68.1 Å². The number of sulfone groups is 1. The summed E-state index contributed by atoms with van der Waals surface area (Å²) in [5.41, 5.74) is 0. The normalized spacial score (nSPS) is 25.7. The highest BCUT2D eigenvalue weighted by Crippen LogP contribution is 2.11. The van der Waals surface area contributed by atoms with Crippen molar-refractivity contribution in [3.8, 4) is 0 Å². The highest BCUT2D eigenvalue weighted by atomic mass is 32.2. The van der Waals surface area contributed by atoms with Gasteiger partial charge in [0.2, 0.25) is 0 Å². The molecule has 1 N–H and O–H groups in total. The third-order valence-electron chi connectivity index (χ3n) is 1.95. The van der Waals surface area contributed by atoms with E-state index in [1.165, 1.54) is 0 Å². The van der Waals surface area contributed by atoms with Gasteiger partial charge in [0, 0.05) is 6.54 Å². The van der Waals surface area contributed by atoms with E-state index in [0.717, 1.165) is 13.0 Å². The van der Waals surface area contributed by atoms with Gasteiger partial charge in [-0.25, -0.2) is 8.42 Å². The lowest BCUT2D eigenvalue weighted by molar-refractivity contribution is 0.582. The molecule has 1 unspecified atom stereocenters. The quantitative estimate of drug-likeness (QED) is 0.657. The van der Waals surface area contributed by atoms with E-state index in [1.807, 2.05) is 0 Å². The predicted octanol–water partition coefficient (Wildman–Crippen LogP) is -0.0127. The van der Waals surface area contributed by atoms with Gasteiger partial charge < -0.3 is 5.32 Å². The topological polar surface area (TPSA) is 46.2 Å². The molecule has 1 radical (unpaired) electrons. The van der Waals surface area contributed by atoms with Crippen molar-refractivity contribution in [3.63, 3.8) is 0 Å². The molecule has 0 amide bonds. The SMILES string of the molecule is [CH2]CCS(=O)(=O)C1CCNC1. The lowest BCUT2D eigenvalue weighted by atomic mass is 10.4. The third-order valence-corrected chi connectivity index (χ3v) is 4.23. The van der Waals surface area contributed by atoms with Crippen LogP contribution in [-0.4, -0.2) is 32.5 Å². The average molecular weight is 176 g/mol. The van der Waals surface area contributed by atoms with Crippen molar-refractivity contribution in [2.75, 3.05) is 18.8 Å². The summed E-state index contributed by atoms with van der Waals surface area (Å²) < 4.78 is 22.7. The van der Waals surface area contributed by atoms with Gasteiger partial charge in [-0.3, -0.25) is 0 Å². The standard InChI is InChI=1S/C7H14NO2S/c1-2-5-11(9,10)7-3-4-8-6-7/h7-8H,1-6H2. The van der Waals surface area contributed by atoms with Crippen LogP contribution in [0.5, 0.6) is 0 Å². The summed E-state index contributed by atoms with van der Waals surface area (Å²) in [6.07, 6.45) is 1.25. The van der Waals surface area contributed by atoms with Crippen molar-refractivity contribution < 1.29 is 8.42 Å². The largest absolute Gasteiger partial charge is 0.315 e. The second-order valence-electron chi connectivity index (χ2n) is 2.84. The number of nitrogens with one attached hydrogen (secondary N) is 1. The Kier molecular flexibility index (Phi) is 2.90. The molecule has 1 heterocycles. The molecule has 11 heavy (non-hydrogen) atoms. The fraction of sp³-hybridized carbons (Fsp3) is 0.857. The van der Waals surface area contributed by atoms with E-state index < -0.39 is 9.84 Å². The van der Waals surface area contributed by atoms with E-state index in [9.17, 15) is 8.42 Å². The van der Waals surface area contributed by atoms with Crippen LogP contribution in [0.3, 0.4) is 0 Å². The average Bonchev–Trinajstić information content (AvgIpc) is 2.37. The minimum absolute atomic E-state index is 0.149. The van der Waals surface area contributed by atoms with Gasteiger partial charge in [-0.2, -0.15) is 0 Å². The summed E-state index contributed by atoms with van der Waals surface area (Å²) in [6.45, 7) is 5.00. The molecule has 1 aliphatic heterocycles. The lowest BCUT2D eigenvalue weighted by Gasteiger charge is -2.07.